The number of nitrogens with zero attached hydrogens (tertiary/aromatic N) is 3. The van der Waals surface area contributed by atoms with Gasteiger partial charge in [-0.15, -0.1) is 0 Å². The quantitative estimate of drug-likeness (QED) is 0.150. The second kappa shape index (κ2) is 6.54. The number of amides is 2. The van der Waals surface area contributed by atoms with E-state index in [0.29, 0.717) is 16.0 Å². The maximum atomic E-state index is 12.3. The summed E-state index contributed by atoms with van der Waals surface area (Å²) in [5.74, 6) is -2.03. The molecule has 2 amide bonds. The summed E-state index contributed by atoms with van der Waals surface area (Å²) in [6, 6.07) is -0.898. The van der Waals surface area contributed by atoms with Gasteiger partial charge in [0, 0.05) is 0 Å². The molecule has 0 radical (unpaired) electrons. The van der Waals surface area contributed by atoms with Crippen LogP contribution in [0, 0.1) is 0 Å². The predicted molar refractivity (Wildman–Crippen MR) is 89.3 cm³/mol. The van der Waals surface area contributed by atoms with Gasteiger partial charge in [-0.2, -0.15) is 0 Å². The van der Waals surface area contributed by atoms with Gasteiger partial charge in [-0.05, 0) is 0 Å². The number of hydrogen-bond donors (Lipinski definition) is 4. The van der Waals surface area contributed by atoms with Crippen molar-refractivity contribution in [3.8, 4) is 0 Å². The molecule has 0 aliphatic carbocycles. The fourth-order valence-corrected chi connectivity index (χ4v) is 5.04. The van der Waals surface area contributed by atoms with Gasteiger partial charge in [0.05, 0.1) is 0 Å². The van der Waals surface area contributed by atoms with E-state index in [2.05, 4.69) is 15.5 Å². The van der Waals surface area contributed by atoms with Crippen molar-refractivity contribution in [1.82, 2.24) is 15.2 Å². The Labute approximate surface area is 151 Å². The van der Waals surface area contributed by atoms with Gasteiger partial charge in [-0.1, -0.05) is 0 Å². The van der Waals surface area contributed by atoms with Crippen LogP contribution < -0.4 is 11.1 Å². The third kappa shape index (κ3) is 2.92. The molecule has 0 bridgehead atoms. The van der Waals surface area contributed by atoms with Crippen molar-refractivity contribution in [2.45, 2.75) is 18.3 Å². The van der Waals surface area contributed by atoms with Gasteiger partial charge in [0.2, 0.25) is 0 Å². The van der Waals surface area contributed by atoms with Crippen LogP contribution in [-0.4, -0.2) is 75.4 Å². The molecule has 3 rings (SSSR count). The van der Waals surface area contributed by atoms with Crippen molar-refractivity contribution < 1.29 is 24.7 Å². The molecule has 12 heteroatoms. The molecule has 1 fully saturated rings. The Kier molecular flexibility index (Phi) is 4.58. The van der Waals surface area contributed by atoms with Gasteiger partial charge in [0.15, 0.2) is 0 Å². The fourth-order valence-electron chi connectivity index (χ4n) is 2.59. The van der Waals surface area contributed by atoms with Crippen molar-refractivity contribution >= 4 is 54.5 Å². The molecule has 25 heavy (non-hydrogen) atoms. The molecule has 2 atom stereocenters. The van der Waals surface area contributed by atoms with Crippen molar-refractivity contribution in [2.24, 2.45) is 5.16 Å². The minimum atomic E-state index is -1.18. The van der Waals surface area contributed by atoms with E-state index >= 15 is 0 Å². The Morgan fingerprint density at radius 1 is 1.56 bits per heavy atom. The number of carboxylic acid groups (broad SMARTS) is 1. The molecule has 1 aromatic heterocycles. The second-order valence-electron chi connectivity index (χ2n) is 5.31. The Hall–Kier alpha value is -2.30. The number of carbonyl (C=O) groups is 3. The average Bonchev–Trinajstić information content (AvgIpc) is 2.98. The molecule has 2 aliphatic heterocycles. The number of aromatic nitrogens is 1. The Balaban J connectivity index is 1.76. The SMILES string of the molecule is CC1=C(C(=O)O)N2C(=O)[C@@H](NC(=O)C(=NO)c3c[se]c(N)n3)[C@H]2SC1. The first-order chi connectivity index (χ1) is 11.8. The van der Waals surface area contributed by atoms with Crippen LogP contribution in [0.5, 0.6) is 0 Å². The normalized spacial score (nSPS) is 23.2. The average molecular weight is 430 g/mol. The number of oxime groups is 1. The van der Waals surface area contributed by atoms with Crippen molar-refractivity contribution in [3.05, 3.63) is 21.9 Å². The zero-order valence-electron chi connectivity index (χ0n) is 12.8. The van der Waals surface area contributed by atoms with Gasteiger partial charge < -0.3 is 0 Å². The number of thioether (sulfide) groups is 1. The Morgan fingerprint density at radius 3 is 2.84 bits per heavy atom. The molecule has 0 spiro atoms. The molecule has 2 aliphatic rings. The number of hydrogen-bond acceptors (Lipinski definition) is 8. The number of fused-ring (bicyclic) bond motifs is 1. The van der Waals surface area contributed by atoms with Gasteiger partial charge in [-0.3, -0.25) is 0 Å². The van der Waals surface area contributed by atoms with Gasteiger partial charge in [-0.25, -0.2) is 0 Å². The standard InChI is InChI=1S/C13H13N5O5SSe/c1-4-2-24-11-7(10(20)18(11)8(4)12(21)22)16-9(19)6(17-23)5-3-25-13(14)15-5/h3,7,11,23H,2H2,1H3,(H2,14,15)(H,16,19)(H,21,22)/t7-,11-/m1/s1. The Bertz CT molecular complexity index is 835. The van der Waals surface area contributed by atoms with Crippen LogP contribution in [0.1, 0.15) is 12.6 Å². The van der Waals surface area contributed by atoms with E-state index < -0.39 is 29.2 Å². The molecule has 0 unspecified atom stereocenters. The van der Waals surface area contributed by atoms with Crippen molar-refractivity contribution in [2.75, 3.05) is 11.5 Å². The molecule has 132 valence electrons. The summed E-state index contributed by atoms with van der Waals surface area (Å²) in [6.07, 6.45) is 0. The van der Waals surface area contributed by atoms with Crippen molar-refractivity contribution in [1.29, 1.82) is 0 Å². The first-order valence-electron chi connectivity index (χ1n) is 6.97. The molecular formula is C13H13N5O5SSe. The van der Waals surface area contributed by atoms with Crippen LogP contribution in [0.15, 0.2) is 21.4 Å². The van der Waals surface area contributed by atoms with Crippen LogP contribution in [0.25, 0.3) is 0 Å². The summed E-state index contributed by atoms with van der Waals surface area (Å²) < 4.78 is 0.344. The van der Waals surface area contributed by atoms with Crippen LogP contribution in [0.2, 0.25) is 0 Å². The Morgan fingerprint density at radius 2 is 2.28 bits per heavy atom. The molecule has 0 saturated carbocycles. The van der Waals surface area contributed by atoms with E-state index in [0.717, 1.165) is 0 Å². The number of carbonyl (C=O) groups excluding carboxylic acids is 2. The van der Waals surface area contributed by atoms with E-state index in [9.17, 15) is 19.5 Å². The van der Waals surface area contributed by atoms with E-state index in [1.165, 1.54) is 16.7 Å². The van der Waals surface area contributed by atoms with Crippen LogP contribution >= 0.6 is 11.8 Å². The number of β-lactam (4-membered cyclic amide) rings is 1. The number of aliphatic carboxylic acids is 1. The summed E-state index contributed by atoms with van der Waals surface area (Å²) in [7, 11) is 0. The van der Waals surface area contributed by atoms with Crippen LogP contribution in [0.3, 0.4) is 0 Å². The van der Waals surface area contributed by atoms with Crippen LogP contribution in [-0.2, 0) is 14.4 Å². The second-order valence-corrected chi connectivity index (χ2v) is 8.29. The zero-order valence-corrected chi connectivity index (χ0v) is 15.3. The number of nitrogen functional groups attached to an aromatic ring is 1. The first-order valence-corrected chi connectivity index (χ1v) is 9.86. The fraction of sp³-hybridized carbons (Fsp3) is 0.308. The van der Waals surface area contributed by atoms with Gasteiger partial charge in [0.25, 0.3) is 0 Å². The molecule has 3 heterocycles. The van der Waals surface area contributed by atoms with E-state index in [1.807, 2.05) is 0 Å². The zero-order chi connectivity index (χ0) is 18.3. The number of nitrogens with one attached hydrogen (secondary N) is 1. The van der Waals surface area contributed by atoms with E-state index in [-0.39, 0.29) is 31.6 Å². The topological polar surface area (TPSA) is 158 Å². The van der Waals surface area contributed by atoms with Crippen molar-refractivity contribution in [3.63, 3.8) is 0 Å². The number of nitrogens with two attached hydrogens (primary N) is 1. The monoisotopic (exact) mass is 431 g/mol. The molecule has 5 N–H and O–H groups in total. The molecule has 0 aromatic carbocycles. The van der Waals surface area contributed by atoms with E-state index in [1.54, 1.807) is 11.9 Å². The maximum absolute atomic E-state index is 12.3. The predicted octanol–water partition coefficient (Wildman–Crippen LogP) is -1.34. The number of rotatable bonds is 4. The summed E-state index contributed by atoms with van der Waals surface area (Å²) >= 11 is 1.14. The van der Waals surface area contributed by atoms with Crippen LogP contribution in [0.4, 0.5) is 4.69 Å². The van der Waals surface area contributed by atoms with E-state index in [4.69, 9.17) is 10.9 Å². The first kappa shape index (κ1) is 17.5. The third-order valence-corrected chi connectivity index (χ3v) is 6.57. The number of carboxylic acids is 1. The third-order valence-electron chi connectivity index (χ3n) is 3.73. The summed E-state index contributed by atoms with van der Waals surface area (Å²) in [6.45, 7) is 1.65. The summed E-state index contributed by atoms with van der Waals surface area (Å²) in [5, 5.41) is 23.3. The summed E-state index contributed by atoms with van der Waals surface area (Å²) in [4.78, 5) is 42.7. The van der Waals surface area contributed by atoms with Gasteiger partial charge >= 0.3 is 151 Å². The van der Waals surface area contributed by atoms with Gasteiger partial charge in [0.1, 0.15) is 0 Å². The molecular weight excluding hydrogens is 417 g/mol. The molecule has 10 nitrogen and oxygen atoms in total. The minimum absolute atomic E-state index is 0.0473. The summed E-state index contributed by atoms with van der Waals surface area (Å²) in [5.41, 5.74) is 5.92. The molecule has 1 aromatic rings. The molecule has 1 saturated heterocycles. The number of anilines is 1.